The molecule has 208 valence electrons. The van der Waals surface area contributed by atoms with Crippen LogP contribution in [-0.2, 0) is 29.0 Å². The molecule has 0 radical (unpaired) electrons. The minimum absolute atomic E-state index is 0.100. The molecule has 0 heterocycles. The number of methoxy groups -OCH3 is 1. The molecular weight excluding hydrogens is 492 g/mol. The number of aryl methyl sites for hydroxylation is 1. The SMILES string of the molecule is CCNC(=O)[C@H](Cc1ccccc1)N(Cc1cccc(OC)c1)C(=O)CCc1ccc(OCC)c(OCC)c1. The minimum atomic E-state index is -0.662. The van der Waals surface area contributed by atoms with Crippen molar-refractivity contribution in [2.45, 2.75) is 52.6 Å². The molecule has 3 aromatic carbocycles. The number of hydrogen-bond acceptors (Lipinski definition) is 5. The maximum Gasteiger partial charge on any atom is 0.243 e. The van der Waals surface area contributed by atoms with E-state index in [1.807, 2.05) is 93.6 Å². The normalized spacial score (nSPS) is 11.4. The Labute approximate surface area is 232 Å². The number of likely N-dealkylation sites (N-methyl/N-ethyl adjacent to an activating group) is 1. The molecule has 3 rings (SSSR count). The van der Waals surface area contributed by atoms with Gasteiger partial charge in [0.2, 0.25) is 11.8 Å². The average molecular weight is 533 g/mol. The Balaban J connectivity index is 1.89. The zero-order valence-electron chi connectivity index (χ0n) is 23.4. The molecule has 0 unspecified atom stereocenters. The van der Waals surface area contributed by atoms with Gasteiger partial charge in [0.1, 0.15) is 11.8 Å². The van der Waals surface area contributed by atoms with Crippen LogP contribution >= 0.6 is 0 Å². The lowest BCUT2D eigenvalue weighted by Gasteiger charge is -2.31. The van der Waals surface area contributed by atoms with Gasteiger partial charge in [-0.2, -0.15) is 0 Å². The highest BCUT2D eigenvalue weighted by Crippen LogP contribution is 2.29. The second kappa shape index (κ2) is 15.4. The lowest BCUT2D eigenvalue weighted by atomic mass is 10.0. The van der Waals surface area contributed by atoms with Gasteiger partial charge in [-0.1, -0.05) is 48.5 Å². The first kappa shape index (κ1) is 29.6. The number of rotatable bonds is 15. The zero-order valence-corrected chi connectivity index (χ0v) is 23.4. The highest BCUT2D eigenvalue weighted by Gasteiger charge is 2.30. The van der Waals surface area contributed by atoms with Gasteiger partial charge in [0.25, 0.3) is 0 Å². The molecule has 7 heteroatoms. The fourth-order valence-electron chi connectivity index (χ4n) is 4.46. The van der Waals surface area contributed by atoms with Crippen LogP contribution in [0.3, 0.4) is 0 Å². The Morgan fingerprint density at radius 3 is 2.23 bits per heavy atom. The predicted molar refractivity (Wildman–Crippen MR) is 153 cm³/mol. The van der Waals surface area contributed by atoms with Gasteiger partial charge < -0.3 is 24.4 Å². The van der Waals surface area contributed by atoms with Crippen LogP contribution in [0.15, 0.2) is 72.8 Å². The second-order valence-corrected chi connectivity index (χ2v) is 9.12. The van der Waals surface area contributed by atoms with Crippen molar-refractivity contribution in [1.82, 2.24) is 10.2 Å². The number of benzene rings is 3. The lowest BCUT2D eigenvalue weighted by molar-refractivity contribution is -0.141. The topological polar surface area (TPSA) is 77.1 Å². The first-order valence-corrected chi connectivity index (χ1v) is 13.6. The van der Waals surface area contributed by atoms with Gasteiger partial charge in [-0.3, -0.25) is 9.59 Å². The molecule has 0 aliphatic rings. The molecule has 0 spiro atoms. The van der Waals surface area contributed by atoms with E-state index in [0.29, 0.717) is 49.8 Å². The molecule has 2 amide bonds. The van der Waals surface area contributed by atoms with E-state index in [9.17, 15) is 9.59 Å². The van der Waals surface area contributed by atoms with E-state index in [-0.39, 0.29) is 24.8 Å². The summed E-state index contributed by atoms with van der Waals surface area (Å²) in [6.45, 7) is 7.57. The van der Waals surface area contributed by atoms with Crippen LogP contribution in [0.25, 0.3) is 0 Å². The predicted octanol–water partition coefficient (Wildman–Crippen LogP) is 5.20. The maximum atomic E-state index is 13.9. The summed E-state index contributed by atoms with van der Waals surface area (Å²) in [4.78, 5) is 28.9. The highest BCUT2D eigenvalue weighted by atomic mass is 16.5. The van der Waals surface area contributed by atoms with Gasteiger partial charge in [0.15, 0.2) is 11.5 Å². The zero-order chi connectivity index (χ0) is 28.0. The third-order valence-electron chi connectivity index (χ3n) is 6.34. The minimum Gasteiger partial charge on any atom is -0.497 e. The number of nitrogens with zero attached hydrogens (tertiary/aromatic N) is 1. The van der Waals surface area contributed by atoms with Crippen molar-refractivity contribution < 1.29 is 23.8 Å². The smallest absolute Gasteiger partial charge is 0.243 e. The van der Waals surface area contributed by atoms with E-state index in [4.69, 9.17) is 14.2 Å². The quantitative estimate of drug-likeness (QED) is 0.291. The largest absolute Gasteiger partial charge is 0.497 e. The first-order valence-electron chi connectivity index (χ1n) is 13.6. The summed E-state index contributed by atoms with van der Waals surface area (Å²) in [6, 6.07) is 22.5. The van der Waals surface area contributed by atoms with Crippen LogP contribution in [0.1, 0.15) is 43.9 Å². The molecule has 7 nitrogen and oxygen atoms in total. The third kappa shape index (κ3) is 8.77. The second-order valence-electron chi connectivity index (χ2n) is 9.12. The molecule has 0 saturated heterocycles. The number of hydrogen-bond donors (Lipinski definition) is 1. The third-order valence-corrected chi connectivity index (χ3v) is 6.34. The summed E-state index contributed by atoms with van der Waals surface area (Å²) in [5, 5.41) is 2.94. The fourth-order valence-corrected chi connectivity index (χ4v) is 4.46. The summed E-state index contributed by atoms with van der Waals surface area (Å²) in [5.41, 5.74) is 2.85. The Morgan fingerprint density at radius 1 is 0.821 bits per heavy atom. The number of ether oxygens (including phenoxy) is 3. The molecule has 1 atom stereocenters. The molecule has 0 fully saturated rings. The van der Waals surface area contributed by atoms with Crippen molar-refractivity contribution in [3.63, 3.8) is 0 Å². The van der Waals surface area contributed by atoms with Gasteiger partial charge in [-0.25, -0.2) is 0 Å². The molecule has 0 bridgehead atoms. The van der Waals surface area contributed by atoms with Crippen molar-refractivity contribution in [2.24, 2.45) is 0 Å². The number of carbonyl (C=O) groups excluding carboxylic acids is 2. The molecule has 39 heavy (non-hydrogen) atoms. The van der Waals surface area contributed by atoms with E-state index >= 15 is 0 Å². The Morgan fingerprint density at radius 2 is 1.54 bits per heavy atom. The average Bonchev–Trinajstić information content (AvgIpc) is 2.95. The van der Waals surface area contributed by atoms with Crippen LogP contribution in [0.4, 0.5) is 0 Å². The summed E-state index contributed by atoms with van der Waals surface area (Å²) in [5.74, 6) is 1.79. The van der Waals surface area contributed by atoms with E-state index < -0.39 is 6.04 Å². The van der Waals surface area contributed by atoms with Crippen LogP contribution in [0, 0.1) is 0 Å². The summed E-state index contributed by atoms with van der Waals surface area (Å²) < 4.78 is 16.8. The monoisotopic (exact) mass is 532 g/mol. The molecule has 0 aliphatic carbocycles. The van der Waals surface area contributed by atoms with Crippen molar-refractivity contribution in [1.29, 1.82) is 0 Å². The summed E-state index contributed by atoms with van der Waals surface area (Å²) in [7, 11) is 1.61. The molecule has 0 saturated carbocycles. The molecule has 1 N–H and O–H groups in total. The maximum absolute atomic E-state index is 13.9. The molecular formula is C32H40N2O5. The summed E-state index contributed by atoms with van der Waals surface area (Å²) in [6.07, 6.45) is 1.17. The Bertz CT molecular complexity index is 1200. The van der Waals surface area contributed by atoms with E-state index in [1.54, 1.807) is 12.0 Å². The fraction of sp³-hybridized carbons (Fsp3) is 0.375. The highest BCUT2D eigenvalue weighted by molar-refractivity contribution is 5.88. The molecule has 3 aromatic rings. The van der Waals surface area contributed by atoms with E-state index in [0.717, 1.165) is 16.7 Å². The lowest BCUT2D eigenvalue weighted by Crippen LogP contribution is -2.50. The summed E-state index contributed by atoms with van der Waals surface area (Å²) >= 11 is 0. The van der Waals surface area contributed by atoms with Crippen molar-refractivity contribution in [3.8, 4) is 17.2 Å². The van der Waals surface area contributed by atoms with Crippen molar-refractivity contribution in [2.75, 3.05) is 26.9 Å². The van der Waals surface area contributed by atoms with Crippen LogP contribution in [0.2, 0.25) is 0 Å². The van der Waals surface area contributed by atoms with Gasteiger partial charge in [-0.05, 0) is 68.1 Å². The Kier molecular flexibility index (Phi) is 11.7. The number of nitrogens with one attached hydrogen (secondary N) is 1. The standard InChI is InChI=1S/C32H40N2O5/c1-5-33-32(36)28(21-24-12-9-8-10-13-24)34(23-26-14-11-15-27(20-26)37-4)31(35)19-17-25-16-18-29(38-6-2)30(22-25)39-7-3/h8-16,18,20,22,28H,5-7,17,19,21,23H2,1-4H3,(H,33,36)/t28-/m0/s1. The van der Waals surface area contributed by atoms with Gasteiger partial charge in [-0.15, -0.1) is 0 Å². The molecule has 0 aromatic heterocycles. The van der Waals surface area contributed by atoms with Gasteiger partial charge >= 0.3 is 0 Å². The van der Waals surface area contributed by atoms with Gasteiger partial charge in [0.05, 0.1) is 20.3 Å². The van der Waals surface area contributed by atoms with Crippen molar-refractivity contribution >= 4 is 11.8 Å². The molecule has 0 aliphatic heterocycles. The first-order chi connectivity index (χ1) is 19.0. The van der Waals surface area contributed by atoms with Crippen LogP contribution in [-0.4, -0.2) is 49.6 Å². The van der Waals surface area contributed by atoms with Gasteiger partial charge in [0, 0.05) is 25.9 Å². The number of amides is 2. The van der Waals surface area contributed by atoms with Crippen LogP contribution in [0.5, 0.6) is 17.2 Å². The number of carbonyl (C=O) groups is 2. The van der Waals surface area contributed by atoms with Crippen molar-refractivity contribution in [3.05, 3.63) is 89.5 Å². The Hall–Kier alpha value is -4.00. The van der Waals surface area contributed by atoms with E-state index in [2.05, 4.69) is 5.32 Å². The van der Waals surface area contributed by atoms with Crippen LogP contribution < -0.4 is 19.5 Å². The van der Waals surface area contributed by atoms with E-state index in [1.165, 1.54) is 0 Å².